The lowest BCUT2D eigenvalue weighted by Crippen LogP contribution is -2.25. The molecule has 182 valence electrons. The Hall–Kier alpha value is -3.50. The lowest BCUT2D eigenvalue weighted by Gasteiger charge is -2.30. The number of aromatic nitrogens is 1. The number of carbonyl (C=O) groups is 1. The summed E-state index contributed by atoms with van der Waals surface area (Å²) in [6.07, 6.45) is 4.62. The molecule has 1 amide bonds. The first-order valence-corrected chi connectivity index (χ1v) is 12.4. The summed E-state index contributed by atoms with van der Waals surface area (Å²) in [7, 11) is 0. The van der Waals surface area contributed by atoms with Gasteiger partial charge in [-0.3, -0.25) is 5.32 Å². The summed E-state index contributed by atoms with van der Waals surface area (Å²) >= 11 is 0. The highest BCUT2D eigenvalue weighted by Gasteiger charge is 2.28. The van der Waals surface area contributed by atoms with Crippen LogP contribution in [0.25, 0.3) is 22.2 Å². The molecule has 2 heterocycles. The van der Waals surface area contributed by atoms with Gasteiger partial charge in [0, 0.05) is 30.0 Å². The molecule has 5 rings (SSSR count). The summed E-state index contributed by atoms with van der Waals surface area (Å²) in [5.74, 6) is 0.793. The molecule has 1 saturated carbocycles. The first-order valence-electron chi connectivity index (χ1n) is 12.4. The predicted molar refractivity (Wildman–Crippen MR) is 135 cm³/mol. The zero-order valence-electron chi connectivity index (χ0n) is 20.3. The average Bonchev–Trinajstić information content (AvgIpc) is 3.12. The predicted octanol–water partition coefficient (Wildman–Crippen LogP) is 6.42. The van der Waals surface area contributed by atoms with E-state index in [4.69, 9.17) is 14.2 Å². The standard InChI is InChI=1S/C28H31N3O4/c1-18(2)34-28(32)30-20-8-6-19(7-9-20)27-25(17-29)24-16-23(35-22-12-14-33-15-13-22)10-11-26(24)31(27)21-4-3-5-21/h6-11,16,18,21-22H,3-5,12-15H2,1-2H3,(H,30,32). The first-order chi connectivity index (χ1) is 17.0. The molecule has 0 bridgehead atoms. The average molecular weight is 474 g/mol. The van der Waals surface area contributed by atoms with Gasteiger partial charge in [-0.1, -0.05) is 12.1 Å². The van der Waals surface area contributed by atoms with Crippen LogP contribution in [0, 0.1) is 11.3 Å². The maximum atomic E-state index is 12.0. The van der Waals surface area contributed by atoms with E-state index in [-0.39, 0.29) is 12.2 Å². The molecule has 1 saturated heterocycles. The number of anilines is 1. The highest BCUT2D eigenvalue weighted by molar-refractivity contribution is 5.96. The normalized spacial score (nSPS) is 16.6. The summed E-state index contributed by atoms with van der Waals surface area (Å²) in [6, 6.07) is 16.6. The number of benzene rings is 2. The van der Waals surface area contributed by atoms with Crippen LogP contribution in [0.5, 0.6) is 5.75 Å². The SMILES string of the molecule is CC(C)OC(=O)Nc1ccc(-c2c(C#N)c3cc(OC4CCOCC4)ccc3n2C2CCC2)cc1. The van der Waals surface area contributed by atoms with Gasteiger partial charge in [0.15, 0.2) is 0 Å². The monoisotopic (exact) mass is 473 g/mol. The molecule has 1 aliphatic heterocycles. The van der Waals surface area contributed by atoms with Crippen molar-refractivity contribution in [1.82, 2.24) is 4.57 Å². The lowest BCUT2D eigenvalue weighted by molar-refractivity contribution is 0.0256. The lowest BCUT2D eigenvalue weighted by atomic mass is 9.92. The Morgan fingerprint density at radius 2 is 1.86 bits per heavy atom. The molecule has 0 atom stereocenters. The van der Waals surface area contributed by atoms with Gasteiger partial charge in [0.1, 0.15) is 17.9 Å². The number of carbonyl (C=O) groups excluding carboxylic acids is 1. The Bertz CT molecular complexity index is 1250. The fraction of sp³-hybridized carbons (Fsp3) is 0.429. The summed E-state index contributed by atoms with van der Waals surface area (Å²) in [5.41, 5.74) is 4.23. The highest BCUT2D eigenvalue weighted by Crippen LogP contribution is 2.43. The Balaban J connectivity index is 1.51. The molecule has 3 aromatic rings. The summed E-state index contributed by atoms with van der Waals surface area (Å²) < 4.78 is 19.2. The fourth-order valence-corrected chi connectivity index (χ4v) is 4.85. The van der Waals surface area contributed by atoms with Gasteiger partial charge in [-0.25, -0.2) is 4.79 Å². The second-order valence-corrected chi connectivity index (χ2v) is 9.56. The van der Waals surface area contributed by atoms with E-state index in [1.807, 2.05) is 50.2 Å². The third kappa shape index (κ3) is 4.85. The van der Waals surface area contributed by atoms with Gasteiger partial charge in [0.2, 0.25) is 0 Å². The van der Waals surface area contributed by atoms with E-state index in [1.165, 1.54) is 6.42 Å². The number of amides is 1. The Kier molecular flexibility index (Phi) is 6.65. The molecule has 2 aromatic carbocycles. The van der Waals surface area contributed by atoms with Gasteiger partial charge in [0.25, 0.3) is 0 Å². The van der Waals surface area contributed by atoms with Crippen molar-refractivity contribution in [3.05, 3.63) is 48.0 Å². The smallest absolute Gasteiger partial charge is 0.411 e. The number of nitrogens with one attached hydrogen (secondary N) is 1. The van der Waals surface area contributed by atoms with Crippen LogP contribution in [-0.4, -0.2) is 36.1 Å². The van der Waals surface area contributed by atoms with Crippen molar-refractivity contribution in [2.24, 2.45) is 0 Å². The van der Waals surface area contributed by atoms with E-state index in [9.17, 15) is 10.1 Å². The Labute approximate surface area is 205 Å². The minimum absolute atomic E-state index is 0.141. The molecule has 35 heavy (non-hydrogen) atoms. The molecule has 1 N–H and O–H groups in total. The zero-order chi connectivity index (χ0) is 24.4. The second kappa shape index (κ2) is 10.0. The summed E-state index contributed by atoms with van der Waals surface area (Å²) in [4.78, 5) is 12.0. The van der Waals surface area contributed by atoms with Gasteiger partial charge >= 0.3 is 6.09 Å². The molecule has 7 heteroatoms. The molecule has 0 spiro atoms. The van der Waals surface area contributed by atoms with Gasteiger partial charge < -0.3 is 18.8 Å². The first kappa shape index (κ1) is 23.3. The van der Waals surface area contributed by atoms with Crippen LogP contribution in [0.1, 0.15) is 57.6 Å². The molecule has 1 aromatic heterocycles. The van der Waals surface area contributed by atoms with E-state index >= 15 is 0 Å². The molecule has 2 fully saturated rings. The summed E-state index contributed by atoms with van der Waals surface area (Å²) in [5, 5.41) is 13.9. The van der Waals surface area contributed by atoms with Crippen molar-refractivity contribution in [3.8, 4) is 23.1 Å². The molecule has 0 radical (unpaired) electrons. The Morgan fingerprint density at radius 1 is 1.11 bits per heavy atom. The van der Waals surface area contributed by atoms with Crippen LogP contribution in [0.4, 0.5) is 10.5 Å². The quantitative estimate of drug-likeness (QED) is 0.446. The number of hydrogen-bond acceptors (Lipinski definition) is 5. The van der Waals surface area contributed by atoms with Crippen molar-refractivity contribution in [1.29, 1.82) is 5.26 Å². The van der Waals surface area contributed by atoms with Crippen molar-refractivity contribution in [2.75, 3.05) is 18.5 Å². The van der Waals surface area contributed by atoms with Gasteiger partial charge in [-0.05, 0) is 69.0 Å². The van der Waals surface area contributed by atoms with Gasteiger partial charge in [0.05, 0.1) is 36.1 Å². The van der Waals surface area contributed by atoms with E-state index in [0.29, 0.717) is 17.3 Å². The van der Waals surface area contributed by atoms with Crippen LogP contribution < -0.4 is 10.1 Å². The molecule has 2 aliphatic rings. The minimum atomic E-state index is -0.480. The van der Waals surface area contributed by atoms with E-state index in [0.717, 1.165) is 66.8 Å². The second-order valence-electron chi connectivity index (χ2n) is 9.56. The fourth-order valence-electron chi connectivity index (χ4n) is 4.85. The molecular formula is C28H31N3O4. The largest absolute Gasteiger partial charge is 0.490 e. The van der Waals surface area contributed by atoms with Crippen LogP contribution in [-0.2, 0) is 9.47 Å². The minimum Gasteiger partial charge on any atom is -0.490 e. The maximum Gasteiger partial charge on any atom is 0.411 e. The third-order valence-corrected chi connectivity index (χ3v) is 6.74. The Morgan fingerprint density at radius 3 is 2.49 bits per heavy atom. The molecule has 0 unspecified atom stereocenters. The topological polar surface area (TPSA) is 85.5 Å². The number of fused-ring (bicyclic) bond motifs is 1. The highest BCUT2D eigenvalue weighted by atomic mass is 16.6. The molecule has 1 aliphatic carbocycles. The number of hydrogen-bond donors (Lipinski definition) is 1. The number of ether oxygens (including phenoxy) is 3. The third-order valence-electron chi connectivity index (χ3n) is 6.74. The van der Waals surface area contributed by atoms with Crippen molar-refractivity contribution >= 4 is 22.7 Å². The van der Waals surface area contributed by atoms with Crippen molar-refractivity contribution in [2.45, 2.75) is 64.2 Å². The van der Waals surface area contributed by atoms with E-state index in [2.05, 4.69) is 22.0 Å². The number of nitriles is 1. The van der Waals surface area contributed by atoms with Crippen LogP contribution in [0.2, 0.25) is 0 Å². The van der Waals surface area contributed by atoms with Crippen LogP contribution >= 0.6 is 0 Å². The van der Waals surface area contributed by atoms with Crippen molar-refractivity contribution in [3.63, 3.8) is 0 Å². The maximum absolute atomic E-state index is 12.0. The molecule has 7 nitrogen and oxygen atoms in total. The van der Waals surface area contributed by atoms with E-state index < -0.39 is 6.09 Å². The van der Waals surface area contributed by atoms with Crippen molar-refractivity contribution < 1.29 is 19.0 Å². The van der Waals surface area contributed by atoms with Gasteiger partial charge in [-0.15, -0.1) is 0 Å². The number of rotatable bonds is 6. The van der Waals surface area contributed by atoms with Crippen LogP contribution in [0.15, 0.2) is 42.5 Å². The molecular weight excluding hydrogens is 442 g/mol. The van der Waals surface area contributed by atoms with E-state index in [1.54, 1.807) is 0 Å². The van der Waals surface area contributed by atoms with Crippen LogP contribution in [0.3, 0.4) is 0 Å². The number of nitrogens with zero attached hydrogens (tertiary/aromatic N) is 2. The van der Waals surface area contributed by atoms with Gasteiger partial charge in [-0.2, -0.15) is 5.26 Å². The zero-order valence-corrected chi connectivity index (χ0v) is 20.3. The summed E-state index contributed by atoms with van der Waals surface area (Å²) in [6.45, 7) is 5.06.